The van der Waals surface area contributed by atoms with Crippen molar-refractivity contribution < 1.29 is 22.4 Å². The lowest BCUT2D eigenvalue weighted by atomic mass is 9.86. The molecule has 2 aromatic rings. The van der Waals surface area contributed by atoms with Crippen molar-refractivity contribution in [1.29, 1.82) is 0 Å². The molecule has 2 bridgehead atoms. The molecule has 0 aromatic carbocycles. The minimum absolute atomic E-state index is 0.1000. The van der Waals surface area contributed by atoms with E-state index in [2.05, 4.69) is 10.1 Å². The number of aryl methyl sites for hydroxylation is 1. The van der Waals surface area contributed by atoms with Gasteiger partial charge in [0.05, 0.1) is 6.54 Å². The number of nitrogens with zero attached hydrogens (tertiary/aromatic N) is 5. The van der Waals surface area contributed by atoms with E-state index in [0.717, 1.165) is 29.8 Å². The number of fused-ring (bicyclic) bond motifs is 2. The van der Waals surface area contributed by atoms with E-state index in [1.54, 1.807) is 0 Å². The van der Waals surface area contributed by atoms with Crippen LogP contribution in [0.25, 0.3) is 0 Å². The van der Waals surface area contributed by atoms with Gasteiger partial charge in [0.25, 0.3) is 0 Å². The first-order chi connectivity index (χ1) is 14.2. The highest BCUT2D eigenvalue weighted by Gasteiger charge is 2.47. The molecule has 1 saturated carbocycles. The number of aromatic nitrogens is 4. The third-order valence-electron chi connectivity index (χ3n) is 6.36. The molecular weight excluding hydrogens is 406 g/mol. The Bertz CT molecular complexity index is 1070. The van der Waals surface area contributed by atoms with Crippen LogP contribution in [0.5, 0.6) is 0 Å². The quantitative estimate of drug-likeness (QED) is 0.707. The summed E-state index contributed by atoms with van der Waals surface area (Å²) in [6.07, 6.45) is -0.417. The Morgan fingerprint density at radius 2 is 2.03 bits per heavy atom. The van der Waals surface area contributed by atoms with Crippen molar-refractivity contribution in [1.82, 2.24) is 24.2 Å². The molecule has 5 heterocycles. The van der Waals surface area contributed by atoms with Gasteiger partial charge in [0, 0.05) is 30.8 Å². The van der Waals surface area contributed by atoms with Gasteiger partial charge in [-0.25, -0.2) is 18.9 Å². The summed E-state index contributed by atoms with van der Waals surface area (Å²) < 4.78 is 55.4. The van der Waals surface area contributed by atoms with Crippen molar-refractivity contribution in [3.63, 3.8) is 0 Å². The zero-order chi connectivity index (χ0) is 21.2. The van der Waals surface area contributed by atoms with E-state index in [1.807, 2.05) is 4.90 Å². The number of alkyl halides is 3. The highest BCUT2D eigenvalue weighted by molar-refractivity contribution is 5.81. The Kier molecular flexibility index (Phi) is 4.26. The third kappa shape index (κ3) is 2.93. The molecule has 2 saturated heterocycles. The lowest BCUT2D eigenvalue weighted by Gasteiger charge is -2.30. The molecule has 1 unspecified atom stereocenters. The molecule has 1 aliphatic carbocycles. The molecule has 0 N–H and O–H groups in total. The first-order valence-corrected chi connectivity index (χ1v) is 9.93. The highest BCUT2D eigenvalue weighted by Crippen LogP contribution is 2.42. The van der Waals surface area contributed by atoms with Gasteiger partial charge in [-0.05, 0) is 37.7 Å². The fraction of sp³-hybridized carbons (Fsp3) is 0.579. The van der Waals surface area contributed by atoms with Gasteiger partial charge in [0.1, 0.15) is 11.9 Å². The maximum absolute atomic E-state index is 14.3. The summed E-state index contributed by atoms with van der Waals surface area (Å²) in [5, 5.41) is 4.20. The topological polar surface area (TPSA) is 73.0 Å². The molecule has 11 heteroatoms. The normalized spacial score (nSPS) is 25.2. The maximum Gasteiger partial charge on any atom is 0.436 e. The number of rotatable bonds is 3. The van der Waals surface area contributed by atoms with Gasteiger partial charge in [0.2, 0.25) is 5.91 Å². The molecule has 6 rings (SSSR count). The van der Waals surface area contributed by atoms with Gasteiger partial charge >= 0.3 is 11.9 Å². The molecule has 30 heavy (non-hydrogen) atoms. The van der Waals surface area contributed by atoms with Crippen molar-refractivity contribution in [2.75, 3.05) is 6.54 Å². The summed E-state index contributed by atoms with van der Waals surface area (Å²) in [5.74, 6) is -0.676. The van der Waals surface area contributed by atoms with Crippen LogP contribution < -0.4 is 5.69 Å². The predicted molar refractivity (Wildman–Crippen MR) is 95.0 cm³/mol. The fourth-order valence-electron chi connectivity index (χ4n) is 4.83. The van der Waals surface area contributed by atoms with Crippen molar-refractivity contribution in [2.24, 2.45) is 5.92 Å². The van der Waals surface area contributed by atoms with Crippen LogP contribution in [0.4, 0.5) is 17.6 Å². The highest BCUT2D eigenvalue weighted by atomic mass is 19.4. The van der Waals surface area contributed by atoms with Gasteiger partial charge in [-0.2, -0.15) is 18.3 Å². The number of carbonyl (C=O) groups excluding carboxylic acids is 1. The van der Waals surface area contributed by atoms with Crippen molar-refractivity contribution in [2.45, 2.75) is 56.9 Å². The van der Waals surface area contributed by atoms with Gasteiger partial charge in [-0.1, -0.05) is 0 Å². The standard InChI is InChI=1S/C19H19F4N5O2/c20-15-11(4-5-24-16(15)19(21,22)23)9-27-18(30)28-13(2-1-3-14(28)25-27)17(29)26-8-10-6-12(26)7-10/h4-5,10,12-13H,1-3,6-9H2. The zero-order valence-electron chi connectivity index (χ0n) is 15.9. The molecule has 160 valence electrons. The van der Waals surface area contributed by atoms with Crippen molar-refractivity contribution in [3.8, 4) is 0 Å². The zero-order valence-corrected chi connectivity index (χ0v) is 15.9. The lowest BCUT2D eigenvalue weighted by molar-refractivity contribution is -0.143. The van der Waals surface area contributed by atoms with Gasteiger partial charge in [-0.3, -0.25) is 9.36 Å². The average molecular weight is 425 g/mol. The molecule has 0 radical (unpaired) electrons. The van der Waals surface area contributed by atoms with E-state index in [4.69, 9.17) is 0 Å². The molecular formula is C19H19F4N5O2. The second kappa shape index (κ2) is 6.64. The molecule has 1 atom stereocenters. The van der Waals surface area contributed by atoms with Gasteiger partial charge < -0.3 is 4.90 Å². The first-order valence-electron chi connectivity index (χ1n) is 9.93. The summed E-state index contributed by atoms with van der Waals surface area (Å²) in [4.78, 5) is 30.9. The molecule has 0 spiro atoms. The fourth-order valence-corrected chi connectivity index (χ4v) is 4.83. The van der Waals surface area contributed by atoms with Gasteiger partial charge in [-0.15, -0.1) is 0 Å². The number of pyridine rings is 1. The predicted octanol–water partition coefficient (Wildman–Crippen LogP) is 2.14. The van der Waals surface area contributed by atoms with E-state index < -0.39 is 36.0 Å². The van der Waals surface area contributed by atoms with Crippen LogP contribution in [-0.4, -0.2) is 42.7 Å². The van der Waals surface area contributed by atoms with Crippen LogP contribution in [0.3, 0.4) is 0 Å². The van der Waals surface area contributed by atoms with Crippen LogP contribution in [0.2, 0.25) is 0 Å². The summed E-state index contributed by atoms with van der Waals surface area (Å²) in [6, 6.07) is 0.669. The Morgan fingerprint density at radius 3 is 2.70 bits per heavy atom. The number of carbonyl (C=O) groups is 1. The van der Waals surface area contributed by atoms with E-state index >= 15 is 0 Å². The van der Waals surface area contributed by atoms with E-state index in [0.29, 0.717) is 37.5 Å². The van der Waals surface area contributed by atoms with E-state index in [9.17, 15) is 27.2 Å². The van der Waals surface area contributed by atoms with Crippen molar-refractivity contribution in [3.05, 3.63) is 45.6 Å². The van der Waals surface area contributed by atoms with E-state index in [-0.39, 0.29) is 17.5 Å². The minimum Gasteiger partial charge on any atom is -0.338 e. The third-order valence-corrected chi connectivity index (χ3v) is 6.36. The maximum atomic E-state index is 14.3. The Balaban J connectivity index is 1.46. The van der Waals surface area contributed by atoms with Crippen LogP contribution in [-0.2, 0) is 23.9 Å². The minimum atomic E-state index is -4.94. The second-order valence-electron chi connectivity index (χ2n) is 8.25. The Morgan fingerprint density at radius 1 is 1.27 bits per heavy atom. The molecule has 2 aromatic heterocycles. The number of hydrogen-bond donors (Lipinski definition) is 0. The summed E-state index contributed by atoms with van der Waals surface area (Å²) in [7, 11) is 0. The molecule has 3 aliphatic heterocycles. The van der Waals surface area contributed by atoms with Gasteiger partial charge in [0.15, 0.2) is 11.5 Å². The smallest absolute Gasteiger partial charge is 0.338 e. The summed E-state index contributed by atoms with van der Waals surface area (Å²) in [6.45, 7) is 0.242. The lowest BCUT2D eigenvalue weighted by Crippen LogP contribution is -2.43. The summed E-state index contributed by atoms with van der Waals surface area (Å²) >= 11 is 0. The Hall–Kier alpha value is -2.72. The van der Waals surface area contributed by atoms with Crippen LogP contribution in [0.1, 0.15) is 48.8 Å². The molecule has 1 amide bonds. The monoisotopic (exact) mass is 425 g/mol. The Labute approximate surface area is 168 Å². The number of halogens is 4. The molecule has 4 aliphatic rings. The van der Waals surface area contributed by atoms with E-state index in [1.165, 1.54) is 4.57 Å². The van der Waals surface area contributed by atoms with Crippen LogP contribution >= 0.6 is 0 Å². The first kappa shape index (κ1) is 19.3. The molecule has 7 nitrogen and oxygen atoms in total. The number of hydrogen-bond acceptors (Lipinski definition) is 4. The second-order valence-corrected chi connectivity index (χ2v) is 8.25. The number of amides is 1. The van der Waals surface area contributed by atoms with Crippen LogP contribution in [0.15, 0.2) is 17.1 Å². The SMILES string of the molecule is O=C(C1CCCc2nn(Cc3ccnc(C(F)(F)F)c3F)c(=O)n21)N1CC2CC1C2. The molecule has 3 fully saturated rings. The van der Waals surface area contributed by atoms with Crippen LogP contribution in [0, 0.1) is 11.7 Å². The van der Waals surface area contributed by atoms with Crippen molar-refractivity contribution >= 4 is 5.91 Å². The summed E-state index contributed by atoms with van der Waals surface area (Å²) in [5.41, 5.74) is -2.57. The average Bonchev–Trinajstić information content (AvgIpc) is 3.35. The largest absolute Gasteiger partial charge is 0.436 e.